The number of likely N-dealkylation sites (tertiary alicyclic amines) is 1. The molecule has 2 heterocycles. The summed E-state index contributed by atoms with van der Waals surface area (Å²) in [7, 11) is 0. The van der Waals surface area contributed by atoms with Gasteiger partial charge in [-0.15, -0.1) is 0 Å². The van der Waals surface area contributed by atoms with E-state index in [2.05, 4.69) is 64.8 Å². The average molecular weight is 487 g/mol. The molecule has 4 aromatic carbocycles. The highest BCUT2D eigenvalue weighted by molar-refractivity contribution is 7.80. The summed E-state index contributed by atoms with van der Waals surface area (Å²) in [5.74, 6) is 0.512. The molecular formula is C31H26N4S. The van der Waals surface area contributed by atoms with Gasteiger partial charge in [0.05, 0.1) is 22.4 Å². The van der Waals surface area contributed by atoms with E-state index in [1.807, 2.05) is 54.6 Å². The number of rotatable bonds is 4. The molecule has 0 aliphatic carbocycles. The summed E-state index contributed by atoms with van der Waals surface area (Å²) in [5.41, 5.74) is 7.86. The van der Waals surface area contributed by atoms with Gasteiger partial charge >= 0.3 is 0 Å². The van der Waals surface area contributed by atoms with E-state index in [0.717, 1.165) is 63.9 Å². The Morgan fingerprint density at radius 1 is 0.722 bits per heavy atom. The van der Waals surface area contributed by atoms with E-state index in [9.17, 15) is 0 Å². The maximum absolute atomic E-state index is 5.79. The number of hydrogen-bond donors (Lipinski definition) is 1. The van der Waals surface area contributed by atoms with Gasteiger partial charge in [-0.1, -0.05) is 91.0 Å². The van der Waals surface area contributed by atoms with E-state index >= 15 is 0 Å². The van der Waals surface area contributed by atoms with Crippen LogP contribution in [0.2, 0.25) is 0 Å². The molecule has 0 spiro atoms. The minimum absolute atomic E-state index is 0.512. The van der Waals surface area contributed by atoms with Crippen molar-refractivity contribution in [3.63, 3.8) is 0 Å². The molecule has 0 radical (unpaired) electrons. The van der Waals surface area contributed by atoms with Gasteiger partial charge in [0.15, 0.2) is 5.11 Å². The lowest BCUT2D eigenvalue weighted by atomic mass is 9.99. The molecule has 1 aliphatic heterocycles. The van der Waals surface area contributed by atoms with Gasteiger partial charge in [0.1, 0.15) is 0 Å². The molecule has 1 aliphatic rings. The zero-order chi connectivity index (χ0) is 24.3. The minimum Gasteiger partial charge on any atom is -0.348 e. The number of thiocarbonyl (C=S) groups is 1. The van der Waals surface area contributed by atoms with E-state index in [1.165, 1.54) is 5.56 Å². The van der Waals surface area contributed by atoms with Crippen molar-refractivity contribution < 1.29 is 0 Å². The molecular weight excluding hydrogens is 460 g/mol. The van der Waals surface area contributed by atoms with Crippen LogP contribution in [-0.2, 0) is 0 Å². The molecule has 1 N–H and O–H groups in total. The predicted octanol–water partition coefficient (Wildman–Crippen LogP) is 7.15. The lowest BCUT2D eigenvalue weighted by Gasteiger charge is -2.21. The van der Waals surface area contributed by atoms with Crippen LogP contribution in [-0.4, -0.2) is 33.1 Å². The molecule has 176 valence electrons. The number of benzene rings is 4. The Kier molecular flexibility index (Phi) is 6.14. The highest BCUT2D eigenvalue weighted by Gasteiger charge is 2.25. The van der Waals surface area contributed by atoms with Crippen molar-refractivity contribution in [3.8, 4) is 22.5 Å². The van der Waals surface area contributed by atoms with Gasteiger partial charge in [0, 0.05) is 35.8 Å². The SMILES string of the molecule is S=C(Nc1ccc2nc(-c3ccccc3)c(-c3ccccc3)nc2c1)N1CC[C@H](c2ccccc2)C1. The van der Waals surface area contributed by atoms with Crippen LogP contribution >= 0.6 is 12.2 Å². The van der Waals surface area contributed by atoms with Gasteiger partial charge in [0.2, 0.25) is 0 Å². The molecule has 1 atom stereocenters. The third-order valence-electron chi connectivity index (χ3n) is 6.76. The highest BCUT2D eigenvalue weighted by atomic mass is 32.1. The molecule has 1 fully saturated rings. The van der Waals surface area contributed by atoms with E-state index in [1.54, 1.807) is 0 Å². The molecule has 1 aromatic heterocycles. The summed E-state index contributed by atoms with van der Waals surface area (Å²) < 4.78 is 0. The van der Waals surface area contributed by atoms with Crippen LogP contribution in [0, 0.1) is 0 Å². The number of anilines is 1. The van der Waals surface area contributed by atoms with Crippen LogP contribution in [0.15, 0.2) is 109 Å². The Morgan fingerprint density at radius 2 is 1.31 bits per heavy atom. The number of hydrogen-bond acceptors (Lipinski definition) is 3. The molecule has 4 nitrogen and oxygen atoms in total. The number of nitrogens with one attached hydrogen (secondary N) is 1. The van der Waals surface area contributed by atoms with Crippen molar-refractivity contribution in [2.75, 3.05) is 18.4 Å². The first-order valence-corrected chi connectivity index (χ1v) is 12.7. The average Bonchev–Trinajstić information content (AvgIpc) is 3.45. The second-order valence-corrected chi connectivity index (χ2v) is 9.52. The predicted molar refractivity (Wildman–Crippen MR) is 152 cm³/mol. The van der Waals surface area contributed by atoms with E-state index in [4.69, 9.17) is 22.2 Å². The van der Waals surface area contributed by atoms with Crippen LogP contribution in [0.1, 0.15) is 17.9 Å². The van der Waals surface area contributed by atoms with Gasteiger partial charge in [0.25, 0.3) is 0 Å². The Labute approximate surface area is 216 Å². The fourth-order valence-electron chi connectivity index (χ4n) is 4.87. The summed E-state index contributed by atoms with van der Waals surface area (Å²) in [6.07, 6.45) is 1.11. The second-order valence-electron chi connectivity index (χ2n) is 9.13. The normalized spacial score (nSPS) is 15.2. The monoisotopic (exact) mass is 486 g/mol. The topological polar surface area (TPSA) is 41.1 Å². The van der Waals surface area contributed by atoms with E-state index in [0.29, 0.717) is 5.92 Å². The Morgan fingerprint density at radius 3 is 1.94 bits per heavy atom. The zero-order valence-corrected chi connectivity index (χ0v) is 20.7. The Bertz CT molecular complexity index is 1500. The second kappa shape index (κ2) is 9.88. The van der Waals surface area contributed by atoms with Crippen LogP contribution in [0.25, 0.3) is 33.5 Å². The Hall–Kier alpha value is -4.09. The largest absolute Gasteiger partial charge is 0.348 e. The molecule has 36 heavy (non-hydrogen) atoms. The summed E-state index contributed by atoms with van der Waals surface area (Å²) in [6, 6.07) is 37.3. The van der Waals surface area contributed by atoms with E-state index in [-0.39, 0.29) is 0 Å². The molecule has 0 unspecified atom stereocenters. The number of aromatic nitrogens is 2. The van der Waals surface area contributed by atoms with Gasteiger partial charge in [-0.05, 0) is 42.4 Å². The van der Waals surface area contributed by atoms with Gasteiger partial charge in [-0.25, -0.2) is 9.97 Å². The van der Waals surface area contributed by atoms with Gasteiger partial charge in [-0.3, -0.25) is 0 Å². The maximum atomic E-state index is 5.79. The van der Waals surface area contributed by atoms with Crippen LogP contribution in [0.3, 0.4) is 0 Å². The molecule has 0 bridgehead atoms. The first-order chi connectivity index (χ1) is 17.7. The van der Waals surface area contributed by atoms with Crippen molar-refractivity contribution in [2.45, 2.75) is 12.3 Å². The summed E-state index contributed by atoms with van der Waals surface area (Å²) in [6.45, 7) is 1.89. The van der Waals surface area contributed by atoms with Crippen molar-refractivity contribution in [1.82, 2.24) is 14.9 Å². The third kappa shape index (κ3) is 4.58. The maximum Gasteiger partial charge on any atom is 0.173 e. The first kappa shape index (κ1) is 22.4. The molecule has 1 saturated heterocycles. The smallest absolute Gasteiger partial charge is 0.173 e. The van der Waals surface area contributed by atoms with Crippen molar-refractivity contribution in [3.05, 3.63) is 115 Å². The fraction of sp³-hybridized carbons (Fsp3) is 0.129. The van der Waals surface area contributed by atoms with Crippen LogP contribution in [0.4, 0.5) is 5.69 Å². The molecule has 0 amide bonds. The molecule has 5 heteroatoms. The lowest BCUT2D eigenvalue weighted by molar-refractivity contribution is 0.518. The van der Waals surface area contributed by atoms with Crippen molar-refractivity contribution >= 4 is 34.1 Å². The third-order valence-corrected chi connectivity index (χ3v) is 7.12. The quantitative estimate of drug-likeness (QED) is 0.273. The molecule has 6 rings (SSSR count). The summed E-state index contributed by atoms with van der Waals surface area (Å²) in [5, 5.41) is 4.20. The standard InChI is InChI=1S/C31H26N4S/c36-31(35-19-18-25(21-35)22-10-4-1-5-11-22)32-26-16-17-27-28(20-26)34-30(24-14-8-3-9-15-24)29(33-27)23-12-6-2-7-13-23/h1-17,20,25H,18-19,21H2,(H,32,36)/t25-/m0/s1. The van der Waals surface area contributed by atoms with Crippen molar-refractivity contribution in [2.24, 2.45) is 0 Å². The summed E-state index contributed by atoms with van der Waals surface area (Å²) in [4.78, 5) is 12.4. The Balaban J connectivity index is 1.29. The first-order valence-electron chi connectivity index (χ1n) is 12.3. The van der Waals surface area contributed by atoms with Crippen LogP contribution in [0.5, 0.6) is 0 Å². The van der Waals surface area contributed by atoms with Gasteiger partial charge in [-0.2, -0.15) is 0 Å². The summed E-state index contributed by atoms with van der Waals surface area (Å²) >= 11 is 5.79. The molecule has 5 aromatic rings. The van der Waals surface area contributed by atoms with E-state index < -0.39 is 0 Å². The zero-order valence-electron chi connectivity index (χ0n) is 19.8. The molecule has 0 saturated carbocycles. The number of nitrogens with zero attached hydrogens (tertiary/aromatic N) is 3. The van der Waals surface area contributed by atoms with Gasteiger partial charge < -0.3 is 10.2 Å². The highest BCUT2D eigenvalue weighted by Crippen LogP contribution is 2.32. The minimum atomic E-state index is 0.512. The number of fused-ring (bicyclic) bond motifs is 1. The fourth-order valence-corrected chi connectivity index (χ4v) is 5.15. The van der Waals surface area contributed by atoms with Crippen molar-refractivity contribution in [1.29, 1.82) is 0 Å². The van der Waals surface area contributed by atoms with Crippen LogP contribution < -0.4 is 5.32 Å². The lowest BCUT2D eigenvalue weighted by Crippen LogP contribution is -2.32.